The highest BCUT2D eigenvalue weighted by atomic mass is 16.5. The molecule has 0 amide bonds. The Hall–Kier alpha value is -1.39. The standard InChI is InChI=1S/C23H37NO3/c1-2-3-4-5-6-7-8-9-18-27-22-12-10-21(11-13-22)23(25)14-15-24-16-19-26-20-17-24/h10-13H,2-9,14-20H2,1H3. The average Bonchev–Trinajstić information content (AvgIpc) is 2.72. The van der Waals surface area contributed by atoms with Gasteiger partial charge in [0.25, 0.3) is 0 Å². The van der Waals surface area contributed by atoms with Gasteiger partial charge in [-0.1, -0.05) is 51.9 Å². The number of hydrogen-bond acceptors (Lipinski definition) is 4. The van der Waals surface area contributed by atoms with E-state index in [1.54, 1.807) is 0 Å². The van der Waals surface area contributed by atoms with E-state index in [0.29, 0.717) is 6.42 Å². The monoisotopic (exact) mass is 375 g/mol. The highest BCUT2D eigenvalue weighted by Gasteiger charge is 2.13. The molecule has 27 heavy (non-hydrogen) atoms. The van der Waals surface area contributed by atoms with Crippen LogP contribution in [0.3, 0.4) is 0 Å². The summed E-state index contributed by atoms with van der Waals surface area (Å²) in [4.78, 5) is 14.6. The van der Waals surface area contributed by atoms with Crippen LogP contribution in [0.15, 0.2) is 24.3 Å². The first-order chi connectivity index (χ1) is 13.3. The first-order valence-corrected chi connectivity index (χ1v) is 10.9. The third kappa shape index (κ3) is 9.39. The Balaban J connectivity index is 1.55. The molecule has 0 saturated carbocycles. The maximum atomic E-state index is 12.3. The summed E-state index contributed by atoms with van der Waals surface area (Å²) in [5.41, 5.74) is 0.780. The average molecular weight is 376 g/mol. The normalized spacial score (nSPS) is 15.0. The summed E-state index contributed by atoms with van der Waals surface area (Å²) in [6.45, 7) is 7.25. The van der Waals surface area contributed by atoms with Gasteiger partial charge in [0.2, 0.25) is 0 Å². The van der Waals surface area contributed by atoms with E-state index < -0.39 is 0 Å². The van der Waals surface area contributed by atoms with Gasteiger partial charge in [-0.15, -0.1) is 0 Å². The number of benzene rings is 1. The molecule has 152 valence electrons. The molecule has 1 aliphatic heterocycles. The molecule has 1 fully saturated rings. The Morgan fingerprint density at radius 2 is 1.59 bits per heavy atom. The van der Waals surface area contributed by atoms with Crippen molar-refractivity contribution in [2.24, 2.45) is 0 Å². The van der Waals surface area contributed by atoms with E-state index in [2.05, 4.69) is 11.8 Å². The van der Waals surface area contributed by atoms with Crippen molar-refractivity contribution in [3.63, 3.8) is 0 Å². The lowest BCUT2D eigenvalue weighted by atomic mass is 10.1. The van der Waals surface area contributed by atoms with Gasteiger partial charge in [-0.3, -0.25) is 9.69 Å². The van der Waals surface area contributed by atoms with E-state index in [9.17, 15) is 4.79 Å². The van der Waals surface area contributed by atoms with E-state index in [-0.39, 0.29) is 5.78 Å². The van der Waals surface area contributed by atoms with Crippen LogP contribution in [-0.4, -0.2) is 50.1 Å². The summed E-state index contributed by atoms with van der Waals surface area (Å²) in [5, 5.41) is 0. The van der Waals surface area contributed by atoms with Gasteiger partial charge in [0, 0.05) is 31.6 Å². The molecule has 0 N–H and O–H groups in total. The number of rotatable bonds is 14. The molecule has 4 heteroatoms. The largest absolute Gasteiger partial charge is 0.494 e. The van der Waals surface area contributed by atoms with Crippen molar-refractivity contribution in [2.45, 2.75) is 64.7 Å². The molecule has 1 heterocycles. The van der Waals surface area contributed by atoms with Crippen LogP contribution in [0.25, 0.3) is 0 Å². The fourth-order valence-corrected chi connectivity index (χ4v) is 3.39. The first kappa shape index (κ1) is 21.9. The van der Waals surface area contributed by atoms with Crippen LogP contribution in [0.4, 0.5) is 0 Å². The lowest BCUT2D eigenvalue weighted by Gasteiger charge is -2.26. The van der Waals surface area contributed by atoms with Gasteiger partial charge in [0.1, 0.15) is 5.75 Å². The van der Waals surface area contributed by atoms with Crippen LogP contribution < -0.4 is 4.74 Å². The van der Waals surface area contributed by atoms with Crippen molar-refractivity contribution < 1.29 is 14.3 Å². The maximum absolute atomic E-state index is 12.3. The Bertz CT molecular complexity index is 509. The topological polar surface area (TPSA) is 38.8 Å². The number of Topliss-reactive ketones (excluding diaryl/α,β-unsaturated/α-hetero) is 1. The van der Waals surface area contributed by atoms with Crippen LogP contribution in [0.1, 0.15) is 75.1 Å². The van der Waals surface area contributed by atoms with Crippen molar-refractivity contribution in [1.82, 2.24) is 4.90 Å². The van der Waals surface area contributed by atoms with Gasteiger partial charge in [0.05, 0.1) is 19.8 Å². The van der Waals surface area contributed by atoms with Gasteiger partial charge in [-0.2, -0.15) is 0 Å². The fourth-order valence-electron chi connectivity index (χ4n) is 3.39. The second kappa shape index (κ2) is 13.7. The van der Waals surface area contributed by atoms with Gasteiger partial charge >= 0.3 is 0 Å². The minimum atomic E-state index is 0.205. The molecule has 0 unspecified atom stereocenters. The van der Waals surface area contributed by atoms with Crippen LogP contribution in [0, 0.1) is 0 Å². The van der Waals surface area contributed by atoms with Gasteiger partial charge in [0.15, 0.2) is 5.78 Å². The van der Waals surface area contributed by atoms with Crippen molar-refractivity contribution in [2.75, 3.05) is 39.5 Å². The van der Waals surface area contributed by atoms with Crippen LogP contribution >= 0.6 is 0 Å². The maximum Gasteiger partial charge on any atom is 0.164 e. The Morgan fingerprint density at radius 3 is 2.26 bits per heavy atom. The highest BCUT2D eigenvalue weighted by Crippen LogP contribution is 2.15. The molecule has 1 saturated heterocycles. The number of carbonyl (C=O) groups excluding carboxylic acids is 1. The number of unbranched alkanes of at least 4 members (excludes halogenated alkanes) is 7. The summed E-state index contributed by atoms with van der Waals surface area (Å²) in [7, 11) is 0. The fraction of sp³-hybridized carbons (Fsp3) is 0.696. The molecule has 1 aliphatic rings. The molecule has 2 rings (SSSR count). The minimum Gasteiger partial charge on any atom is -0.494 e. The van der Waals surface area contributed by atoms with Crippen molar-refractivity contribution in [3.8, 4) is 5.75 Å². The van der Waals surface area contributed by atoms with E-state index in [1.165, 1.54) is 44.9 Å². The van der Waals surface area contributed by atoms with E-state index in [0.717, 1.165) is 57.2 Å². The van der Waals surface area contributed by atoms with Gasteiger partial charge in [-0.05, 0) is 30.7 Å². The molecule has 1 aromatic rings. The number of nitrogens with zero attached hydrogens (tertiary/aromatic N) is 1. The third-order valence-corrected chi connectivity index (χ3v) is 5.20. The molecule has 1 aromatic carbocycles. The zero-order valence-electron chi connectivity index (χ0n) is 17.1. The van der Waals surface area contributed by atoms with Crippen LogP contribution in [0.2, 0.25) is 0 Å². The summed E-state index contributed by atoms with van der Waals surface area (Å²) < 4.78 is 11.1. The summed E-state index contributed by atoms with van der Waals surface area (Å²) >= 11 is 0. The molecular formula is C23H37NO3. The van der Waals surface area contributed by atoms with Crippen LogP contribution in [0.5, 0.6) is 5.75 Å². The Morgan fingerprint density at radius 1 is 0.963 bits per heavy atom. The molecular weight excluding hydrogens is 338 g/mol. The summed E-state index contributed by atoms with van der Waals surface area (Å²) in [5.74, 6) is 1.07. The van der Waals surface area contributed by atoms with Gasteiger partial charge < -0.3 is 9.47 Å². The first-order valence-electron chi connectivity index (χ1n) is 10.9. The molecule has 0 aromatic heterocycles. The predicted octanol–water partition coefficient (Wildman–Crippen LogP) is 5.11. The van der Waals surface area contributed by atoms with Crippen molar-refractivity contribution in [1.29, 1.82) is 0 Å². The van der Waals surface area contributed by atoms with Crippen LogP contribution in [-0.2, 0) is 4.74 Å². The van der Waals surface area contributed by atoms with E-state index >= 15 is 0 Å². The zero-order valence-corrected chi connectivity index (χ0v) is 17.1. The molecule has 0 bridgehead atoms. The highest BCUT2D eigenvalue weighted by molar-refractivity contribution is 5.96. The molecule has 0 aliphatic carbocycles. The SMILES string of the molecule is CCCCCCCCCCOc1ccc(C(=O)CCN2CCOCC2)cc1. The number of ether oxygens (including phenoxy) is 2. The number of carbonyl (C=O) groups is 1. The number of morpholine rings is 1. The predicted molar refractivity (Wildman–Crippen MR) is 111 cm³/mol. The lowest BCUT2D eigenvalue weighted by Crippen LogP contribution is -2.37. The smallest absolute Gasteiger partial charge is 0.164 e. The van der Waals surface area contributed by atoms with E-state index in [4.69, 9.17) is 9.47 Å². The zero-order chi connectivity index (χ0) is 19.2. The molecule has 0 atom stereocenters. The third-order valence-electron chi connectivity index (χ3n) is 5.20. The van der Waals surface area contributed by atoms with Gasteiger partial charge in [-0.25, -0.2) is 0 Å². The Kier molecular flexibility index (Phi) is 11.1. The number of ketones is 1. The summed E-state index contributed by atoms with van der Waals surface area (Å²) in [6, 6.07) is 7.63. The molecule has 0 spiro atoms. The lowest BCUT2D eigenvalue weighted by molar-refractivity contribution is 0.0370. The minimum absolute atomic E-state index is 0.205. The van der Waals surface area contributed by atoms with Crippen molar-refractivity contribution in [3.05, 3.63) is 29.8 Å². The molecule has 4 nitrogen and oxygen atoms in total. The van der Waals surface area contributed by atoms with E-state index in [1.807, 2.05) is 24.3 Å². The second-order valence-corrected chi connectivity index (χ2v) is 7.47. The Labute approximate surface area is 165 Å². The summed E-state index contributed by atoms with van der Waals surface area (Å²) in [6.07, 6.45) is 11.0. The second-order valence-electron chi connectivity index (χ2n) is 7.47. The molecule has 0 radical (unpaired) electrons. The van der Waals surface area contributed by atoms with Crippen molar-refractivity contribution >= 4 is 5.78 Å². The quantitative estimate of drug-likeness (QED) is 0.334. The number of hydrogen-bond donors (Lipinski definition) is 0.